The summed E-state index contributed by atoms with van der Waals surface area (Å²) in [6, 6.07) is 10.7. The molecule has 1 aromatic rings. The molecule has 2 fully saturated rings. The molecule has 2 aliphatic rings. The second-order valence-electron chi connectivity index (χ2n) is 6.90. The largest absolute Gasteiger partial charge is 0.373 e. The summed E-state index contributed by atoms with van der Waals surface area (Å²) in [5.41, 5.74) is 1.21. The van der Waals surface area contributed by atoms with Crippen molar-refractivity contribution in [2.45, 2.75) is 38.5 Å². The van der Waals surface area contributed by atoms with Gasteiger partial charge in [-0.25, -0.2) is 0 Å². The predicted molar refractivity (Wildman–Crippen MR) is 94.7 cm³/mol. The summed E-state index contributed by atoms with van der Waals surface area (Å²) in [6.45, 7) is 7.95. The van der Waals surface area contributed by atoms with Crippen molar-refractivity contribution < 1.29 is 9.53 Å². The van der Waals surface area contributed by atoms with Gasteiger partial charge in [-0.1, -0.05) is 30.3 Å². The van der Waals surface area contributed by atoms with Crippen molar-refractivity contribution in [2.75, 3.05) is 39.3 Å². The van der Waals surface area contributed by atoms with Crippen molar-refractivity contribution in [3.63, 3.8) is 0 Å². The lowest BCUT2D eigenvalue weighted by Crippen LogP contribution is -2.54. The van der Waals surface area contributed by atoms with Gasteiger partial charge in [0.05, 0.1) is 19.3 Å². The van der Waals surface area contributed by atoms with Crippen molar-refractivity contribution in [1.82, 2.24) is 15.1 Å². The third-order valence-electron chi connectivity index (χ3n) is 5.10. The predicted octanol–water partition coefficient (Wildman–Crippen LogP) is 1.49. The lowest BCUT2D eigenvalue weighted by atomic mass is 10.1. The minimum atomic E-state index is 0.269. The molecular formula is C19H29N3O2. The molecule has 0 unspecified atom stereocenters. The van der Waals surface area contributed by atoms with Gasteiger partial charge in [0.1, 0.15) is 0 Å². The number of hydrogen-bond acceptors (Lipinski definition) is 4. The number of piperidine rings is 1. The lowest BCUT2D eigenvalue weighted by molar-refractivity contribution is -0.136. The SMILES string of the molecule is C[C@@H]1CNCCN1CC(=O)N1CCC(OCc2ccccc2)CC1. The van der Waals surface area contributed by atoms with Crippen LogP contribution in [0.25, 0.3) is 0 Å². The summed E-state index contributed by atoms with van der Waals surface area (Å²) in [7, 11) is 0. The van der Waals surface area contributed by atoms with Crippen LogP contribution in [0.15, 0.2) is 30.3 Å². The van der Waals surface area contributed by atoms with Crippen LogP contribution in [-0.4, -0.2) is 67.1 Å². The smallest absolute Gasteiger partial charge is 0.236 e. The number of likely N-dealkylation sites (tertiary alicyclic amines) is 1. The Kier molecular flexibility index (Phi) is 6.24. The molecule has 5 nitrogen and oxygen atoms in total. The van der Waals surface area contributed by atoms with E-state index in [4.69, 9.17) is 4.74 Å². The summed E-state index contributed by atoms with van der Waals surface area (Å²) in [6.07, 6.45) is 2.15. The number of amides is 1. The lowest BCUT2D eigenvalue weighted by Gasteiger charge is -2.37. The zero-order valence-corrected chi connectivity index (χ0v) is 14.6. The molecule has 1 amide bonds. The van der Waals surface area contributed by atoms with E-state index in [1.54, 1.807) is 0 Å². The van der Waals surface area contributed by atoms with Gasteiger partial charge in [-0.2, -0.15) is 0 Å². The Morgan fingerprint density at radius 3 is 2.67 bits per heavy atom. The molecule has 1 N–H and O–H groups in total. The maximum absolute atomic E-state index is 12.5. The monoisotopic (exact) mass is 331 g/mol. The number of hydrogen-bond donors (Lipinski definition) is 1. The Bertz CT molecular complexity index is 515. The molecule has 5 heteroatoms. The molecule has 1 aromatic carbocycles. The van der Waals surface area contributed by atoms with Crippen LogP contribution >= 0.6 is 0 Å². The molecule has 0 bridgehead atoms. The zero-order valence-electron chi connectivity index (χ0n) is 14.6. The number of nitrogens with zero attached hydrogens (tertiary/aromatic N) is 2. The van der Waals surface area contributed by atoms with Crippen LogP contribution in [0.1, 0.15) is 25.3 Å². The fraction of sp³-hybridized carbons (Fsp3) is 0.632. The van der Waals surface area contributed by atoms with Crippen LogP contribution in [0, 0.1) is 0 Å². The van der Waals surface area contributed by atoms with Crippen molar-refractivity contribution in [3.8, 4) is 0 Å². The zero-order chi connectivity index (χ0) is 16.8. The number of rotatable bonds is 5. The maximum Gasteiger partial charge on any atom is 0.236 e. The van der Waals surface area contributed by atoms with E-state index in [2.05, 4.69) is 29.3 Å². The molecule has 0 aliphatic carbocycles. The fourth-order valence-corrected chi connectivity index (χ4v) is 3.45. The molecule has 132 valence electrons. The van der Waals surface area contributed by atoms with Crippen LogP contribution in [0.2, 0.25) is 0 Å². The van der Waals surface area contributed by atoms with Crippen LogP contribution < -0.4 is 5.32 Å². The Balaban J connectivity index is 1.39. The second kappa shape index (κ2) is 8.60. The number of carbonyl (C=O) groups excluding carboxylic acids is 1. The Morgan fingerprint density at radius 2 is 1.96 bits per heavy atom. The Hall–Kier alpha value is -1.43. The molecular weight excluding hydrogens is 302 g/mol. The first-order valence-corrected chi connectivity index (χ1v) is 9.10. The normalized spacial score (nSPS) is 23.4. The second-order valence-corrected chi connectivity index (χ2v) is 6.90. The molecule has 0 saturated carbocycles. The van der Waals surface area contributed by atoms with Crippen LogP contribution in [0.3, 0.4) is 0 Å². The molecule has 2 heterocycles. The van der Waals surface area contributed by atoms with Gasteiger partial charge in [-0.05, 0) is 25.3 Å². The highest BCUT2D eigenvalue weighted by Crippen LogP contribution is 2.16. The van der Waals surface area contributed by atoms with Gasteiger partial charge in [0.2, 0.25) is 5.91 Å². The van der Waals surface area contributed by atoms with Gasteiger partial charge >= 0.3 is 0 Å². The molecule has 24 heavy (non-hydrogen) atoms. The van der Waals surface area contributed by atoms with Crippen molar-refractivity contribution >= 4 is 5.91 Å². The summed E-state index contributed by atoms with van der Waals surface area (Å²) in [5.74, 6) is 0.269. The molecule has 0 spiro atoms. The van der Waals surface area contributed by atoms with Crippen LogP contribution in [-0.2, 0) is 16.1 Å². The quantitative estimate of drug-likeness (QED) is 0.888. The third kappa shape index (κ3) is 4.79. The topological polar surface area (TPSA) is 44.8 Å². The van der Waals surface area contributed by atoms with Gasteiger partial charge in [0, 0.05) is 38.8 Å². The summed E-state index contributed by atoms with van der Waals surface area (Å²) in [5, 5.41) is 3.37. The van der Waals surface area contributed by atoms with Gasteiger partial charge < -0.3 is 15.0 Å². The van der Waals surface area contributed by atoms with Gasteiger partial charge in [-0.15, -0.1) is 0 Å². The standard InChI is InChI=1S/C19H29N3O2/c1-16-13-20-9-12-22(16)14-19(23)21-10-7-18(8-11-21)24-15-17-5-3-2-4-6-17/h2-6,16,18,20H,7-15H2,1H3/t16-/m1/s1. The van der Waals surface area contributed by atoms with E-state index in [1.807, 2.05) is 23.1 Å². The van der Waals surface area contributed by atoms with Crippen LogP contribution in [0.4, 0.5) is 0 Å². The van der Waals surface area contributed by atoms with Crippen molar-refractivity contribution in [1.29, 1.82) is 0 Å². The average molecular weight is 331 g/mol. The Morgan fingerprint density at radius 1 is 1.21 bits per heavy atom. The molecule has 0 aromatic heterocycles. The number of benzene rings is 1. The highest BCUT2D eigenvalue weighted by Gasteiger charge is 2.26. The van der Waals surface area contributed by atoms with E-state index in [0.717, 1.165) is 45.6 Å². The van der Waals surface area contributed by atoms with E-state index in [0.29, 0.717) is 19.2 Å². The highest BCUT2D eigenvalue weighted by atomic mass is 16.5. The molecule has 3 rings (SSSR count). The summed E-state index contributed by atoms with van der Waals surface area (Å²) in [4.78, 5) is 16.8. The van der Waals surface area contributed by atoms with Crippen molar-refractivity contribution in [3.05, 3.63) is 35.9 Å². The number of nitrogens with one attached hydrogen (secondary N) is 1. The average Bonchev–Trinajstić information content (AvgIpc) is 2.63. The number of ether oxygens (including phenoxy) is 1. The molecule has 2 aliphatic heterocycles. The van der Waals surface area contributed by atoms with E-state index in [1.165, 1.54) is 5.56 Å². The molecule has 0 radical (unpaired) electrons. The number of carbonyl (C=O) groups is 1. The van der Waals surface area contributed by atoms with E-state index < -0.39 is 0 Å². The van der Waals surface area contributed by atoms with E-state index >= 15 is 0 Å². The van der Waals surface area contributed by atoms with E-state index in [9.17, 15) is 4.79 Å². The first kappa shape index (κ1) is 17.4. The van der Waals surface area contributed by atoms with Gasteiger partial charge in [0.15, 0.2) is 0 Å². The fourth-order valence-electron chi connectivity index (χ4n) is 3.45. The van der Waals surface area contributed by atoms with Gasteiger partial charge in [0.25, 0.3) is 0 Å². The highest BCUT2D eigenvalue weighted by molar-refractivity contribution is 5.78. The summed E-state index contributed by atoms with van der Waals surface area (Å²) >= 11 is 0. The minimum absolute atomic E-state index is 0.269. The first-order valence-electron chi connectivity index (χ1n) is 9.10. The Labute approximate surface area is 145 Å². The third-order valence-corrected chi connectivity index (χ3v) is 5.10. The first-order chi connectivity index (χ1) is 11.7. The van der Waals surface area contributed by atoms with E-state index in [-0.39, 0.29) is 12.0 Å². The van der Waals surface area contributed by atoms with Gasteiger partial charge in [-0.3, -0.25) is 9.69 Å². The number of piperazine rings is 1. The molecule has 1 atom stereocenters. The summed E-state index contributed by atoms with van der Waals surface area (Å²) < 4.78 is 6.01. The maximum atomic E-state index is 12.5. The van der Waals surface area contributed by atoms with Crippen molar-refractivity contribution in [2.24, 2.45) is 0 Å². The molecule has 2 saturated heterocycles. The van der Waals surface area contributed by atoms with Crippen LogP contribution in [0.5, 0.6) is 0 Å². The minimum Gasteiger partial charge on any atom is -0.373 e.